The molecule has 0 radical (unpaired) electrons. The molecule has 0 amide bonds. The van der Waals surface area contributed by atoms with E-state index in [-0.39, 0.29) is 0 Å². The Kier molecular flexibility index (Phi) is 5.10. The van der Waals surface area contributed by atoms with Gasteiger partial charge in [-0.25, -0.2) is 9.13 Å². The fourth-order valence-corrected chi connectivity index (χ4v) is 3.70. The Morgan fingerprint density at radius 1 is 0.929 bits per heavy atom. The van der Waals surface area contributed by atoms with Crippen molar-refractivity contribution < 1.29 is 18.8 Å². The SMILES string of the molecule is COc1cc(OC)cc(-n2cc(-c3ccccc3OC)[n+]3c2NCCCC3)c1. The van der Waals surface area contributed by atoms with Crippen LogP contribution in [0.5, 0.6) is 17.2 Å². The average molecular weight is 380 g/mol. The molecule has 2 aromatic carbocycles. The van der Waals surface area contributed by atoms with Crippen molar-refractivity contribution in [3.8, 4) is 34.2 Å². The normalized spacial score (nSPS) is 13.2. The highest BCUT2D eigenvalue weighted by Gasteiger charge is 2.27. The summed E-state index contributed by atoms with van der Waals surface area (Å²) >= 11 is 0. The predicted molar refractivity (Wildman–Crippen MR) is 109 cm³/mol. The third-order valence-electron chi connectivity index (χ3n) is 5.11. The first-order valence-corrected chi connectivity index (χ1v) is 9.51. The van der Waals surface area contributed by atoms with Gasteiger partial charge in [0, 0.05) is 18.2 Å². The van der Waals surface area contributed by atoms with E-state index in [0.29, 0.717) is 0 Å². The maximum Gasteiger partial charge on any atom is 0.362 e. The van der Waals surface area contributed by atoms with E-state index in [9.17, 15) is 0 Å². The number of benzene rings is 2. The quantitative estimate of drug-likeness (QED) is 0.687. The lowest BCUT2D eigenvalue weighted by atomic mass is 10.1. The van der Waals surface area contributed by atoms with Gasteiger partial charge in [0.15, 0.2) is 0 Å². The number of rotatable bonds is 5. The summed E-state index contributed by atoms with van der Waals surface area (Å²) in [5.74, 6) is 3.43. The molecule has 28 heavy (non-hydrogen) atoms. The summed E-state index contributed by atoms with van der Waals surface area (Å²) in [6.45, 7) is 1.89. The van der Waals surface area contributed by atoms with Crippen molar-refractivity contribution >= 4 is 5.95 Å². The summed E-state index contributed by atoms with van der Waals surface area (Å²) in [6, 6.07) is 14.0. The average Bonchev–Trinajstić information content (AvgIpc) is 2.93. The Hall–Kier alpha value is -3.15. The van der Waals surface area contributed by atoms with Gasteiger partial charge in [-0.3, -0.25) is 5.32 Å². The number of nitrogens with zero attached hydrogens (tertiary/aromatic N) is 2. The van der Waals surface area contributed by atoms with Crippen molar-refractivity contribution in [1.82, 2.24) is 4.57 Å². The summed E-state index contributed by atoms with van der Waals surface area (Å²) in [5.41, 5.74) is 3.17. The molecule has 6 nitrogen and oxygen atoms in total. The Balaban J connectivity index is 1.93. The molecule has 0 fully saturated rings. The van der Waals surface area contributed by atoms with Crippen LogP contribution in [-0.2, 0) is 6.54 Å². The van der Waals surface area contributed by atoms with Crippen molar-refractivity contribution in [1.29, 1.82) is 0 Å². The number of aromatic nitrogens is 2. The van der Waals surface area contributed by atoms with Crippen LogP contribution >= 0.6 is 0 Å². The van der Waals surface area contributed by atoms with Gasteiger partial charge in [-0.05, 0) is 25.0 Å². The molecule has 3 aromatic rings. The van der Waals surface area contributed by atoms with Gasteiger partial charge in [0.05, 0.1) is 40.0 Å². The number of nitrogens with one attached hydrogen (secondary N) is 1. The predicted octanol–water partition coefficient (Wildman–Crippen LogP) is 3.66. The molecule has 1 N–H and O–H groups in total. The van der Waals surface area contributed by atoms with E-state index >= 15 is 0 Å². The second kappa shape index (κ2) is 7.84. The van der Waals surface area contributed by atoms with Crippen molar-refractivity contribution in [3.05, 3.63) is 48.7 Å². The van der Waals surface area contributed by atoms with Crippen LogP contribution in [-0.4, -0.2) is 32.4 Å². The largest absolute Gasteiger partial charge is 0.496 e. The fraction of sp³-hybridized carbons (Fsp3) is 0.318. The Morgan fingerprint density at radius 2 is 1.68 bits per heavy atom. The van der Waals surface area contributed by atoms with Crippen molar-refractivity contribution in [2.24, 2.45) is 0 Å². The van der Waals surface area contributed by atoms with E-state index < -0.39 is 0 Å². The lowest BCUT2D eigenvalue weighted by Gasteiger charge is -2.08. The third kappa shape index (κ3) is 3.26. The lowest BCUT2D eigenvalue weighted by molar-refractivity contribution is -0.670. The van der Waals surface area contributed by atoms with Crippen LogP contribution in [0.1, 0.15) is 12.8 Å². The van der Waals surface area contributed by atoms with Crippen LogP contribution in [0.15, 0.2) is 48.7 Å². The minimum absolute atomic E-state index is 0.759. The Morgan fingerprint density at radius 3 is 2.39 bits per heavy atom. The van der Waals surface area contributed by atoms with Crippen molar-refractivity contribution in [3.63, 3.8) is 0 Å². The van der Waals surface area contributed by atoms with Gasteiger partial charge in [-0.1, -0.05) is 12.1 Å². The molecule has 146 valence electrons. The molecule has 1 aliphatic heterocycles. The molecular weight excluding hydrogens is 354 g/mol. The van der Waals surface area contributed by atoms with E-state index in [1.807, 2.05) is 36.4 Å². The van der Waals surface area contributed by atoms with Crippen LogP contribution in [0.3, 0.4) is 0 Å². The number of hydrogen-bond donors (Lipinski definition) is 1. The Labute approximate surface area is 165 Å². The molecule has 0 saturated heterocycles. The van der Waals surface area contributed by atoms with Gasteiger partial charge >= 0.3 is 5.95 Å². The van der Waals surface area contributed by atoms with Crippen LogP contribution in [0.25, 0.3) is 16.9 Å². The number of imidazole rings is 1. The van der Waals surface area contributed by atoms with Crippen LogP contribution in [0.4, 0.5) is 5.95 Å². The van der Waals surface area contributed by atoms with Gasteiger partial charge in [0.1, 0.15) is 34.8 Å². The number of ether oxygens (including phenoxy) is 3. The zero-order valence-electron chi connectivity index (χ0n) is 16.6. The number of hydrogen-bond acceptors (Lipinski definition) is 4. The maximum atomic E-state index is 5.63. The van der Waals surface area contributed by atoms with E-state index in [1.165, 1.54) is 0 Å². The van der Waals surface area contributed by atoms with Crippen LogP contribution < -0.4 is 24.1 Å². The smallest absolute Gasteiger partial charge is 0.362 e. The second-order valence-electron chi connectivity index (χ2n) is 6.76. The van der Waals surface area contributed by atoms with Gasteiger partial charge in [-0.15, -0.1) is 0 Å². The van der Waals surface area contributed by atoms with E-state index in [4.69, 9.17) is 14.2 Å². The second-order valence-corrected chi connectivity index (χ2v) is 6.76. The molecule has 0 saturated carbocycles. The number of anilines is 1. The molecule has 0 aliphatic carbocycles. The highest BCUT2D eigenvalue weighted by Crippen LogP contribution is 2.33. The third-order valence-corrected chi connectivity index (χ3v) is 5.11. The lowest BCUT2D eigenvalue weighted by Crippen LogP contribution is -2.36. The Bertz CT molecular complexity index is 959. The first kappa shape index (κ1) is 18.2. The van der Waals surface area contributed by atoms with Crippen LogP contribution in [0, 0.1) is 0 Å². The molecule has 0 bridgehead atoms. The summed E-state index contributed by atoms with van der Waals surface area (Å²) in [7, 11) is 5.05. The molecular formula is C22H26N3O3+. The molecule has 1 aromatic heterocycles. The number of para-hydroxylation sites is 1. The van der Waals surface area contributed by atoms with Crippen molar-refractivity contribution in [2.45, 2.75) is 19.4 Å². The minimum Gasteiger partial charge on any atom is -0.496 e. The summed E-state index contributed by atoms with van der Waals surface area (Å²) < 4.78 is 21.1. The summed E-state index contributed by atoms with van der Waals surface area (Å²) in [6.07, 6.45) is 4.41. The van der Waals surface area contributed by atoms with Crippen molar-refractivity contribution in [2.75, 3.05) is 33.2 Å². The first-order valence-electron chi connectivity index (χ1n) is 9.51. The maximum absolute atomic E-state index is 5.63. The molecule has 4 rings (SSSR count). The fourth-order valence-electron chi connectivity index (χ4n) is 3.70. The zero-order valence-corrected chi connectivity index (χ0v) is 16.6. The number of fused-ring (bicyclic) bond motifs is 1. The molecule has 1 aliphatic rings. The molecule has 0 unspecified atom stereocenters. The van der Waals surface area contributed by atoms with E-state index in [2.05, 4.69) is 26.7 Å². The number of methoxy groups -OCH3 is 3. The van der Waals surface area contributed by atoms with E-state index in [0.717, 1.165) is 66.1 Å². The highest BCUT2D eigenvalue weighted by molar-refractivity contribution is 5.66. The van der Waals surface area contributed by atoms with Gasteiger partial charge in [0.25, 0.3) is 0 Å². The molecule has 2 heterocycles. The zero-order chi connectivity index (χ0) is 19.5. The highest BCUT2D eigenvalue weighted by atomic mass is 16.5. The first-order chi connectivity index (χ1) is 13.7. The minimum atomic E-state index is 0.759. The molecule has 6 heteroatoms. The summed E-state index contributed by atoms with van der Waals surface area (Å²) in [5, 5.41) is 3.60. The molecule has 0 spiro atoms. The van der Waals surface area contributed by atoms with Crippen LogP contribution in [0.2, 0.25) is 0 Å². The van der Waals surface area contributed by atoms with Gasteiger partial charge in [0.2, 0.25) is 0 Å². The monoisotopic (exact) mass is 380 g/mol. The van der Waals surface area contributed by atoms with Gasteiger partial charge < -0.3 is 14.2 Å². The standard InChI is InChI=1S/C22H25N3O3/c1-26-17-12-16(13-18(14-17)27-2)25-15-20(19-8-4-5-9-21(19)28-3)24-11-7-6-10-23-22(24)25/h4-5,8-9,12-15H,6-7,10-11H2,1-3H3/p+1. The summed E-state index contributed by atoms with van der Waals surface area (Å²) in [4.78, 5) is 0. The molecule has 0 atom stereocenters. The van der Waals surface area contributed by atoms with Gasteiger partial charge in [-0.2, -0.15) is 0 Å². The van der Waals surface area contributed by atoms with E-state index in [1.54, 1.807) is 21.3 Å². The topological polar surface area (TPSA) is 48.5 Å².